The van der Waals surface area contributed by atoms with E-state index in [0.29, 0.717) is 10.0 Å². The van der Waals surface area contributed by atoms with Crippen LogP contribution in [0.15, 0.2) is 53.1 Å². The number of rotatable bonds is 4. The number of anilines is 1. The van der Waals surface area contributed by atoms with Gasteiger partial charge in [0, 0.05) is 11.3 Å². The Morgan fingerprint density at radius 1 is 1.24 bits per heavy atom. The lowest BCUT2D eigenvalue weighted by atomic mass is 10.1. The first-order valence-corrected chi connectivity index (χ1v) is 8.59. The van der Waals surface area contributed by atoms with Crippen LogP contribution in [-0.4, -0.2) is 18.4 Å². The highest BCUT2D eigenvalue weighted by Gasteiger charge is 2.16. The van der Waals surface area contributed by atoms with Crippen LogP contribution in [-0.2, 0) is 10.0 Å². The minimum atomic E-state index is -3.62. The summed E-state index contributed by atoms with van der Waals surface area (Å²) >= 11 is 6.79. The Balaban J connectivity index is 1.90. The second-order valence-corrected chi connectivity index (χ2v) is 7.83. The molecule has 0 fully saturated rings. The van der Waals surface area contributed by atoms with Crippen molar-refractivity contribution in [1.29, 1.82) is 0 Å². The molecule has 0 amide bonds. The van der Waals surface area contributed by atoms with Gasteiger partial charge in [0.25, 0.3) is 10.0 Å². The topological polar surface area (TPSA) is 74.8 Å². The molecule has 2 N–H and O–H groups in total. The van der Waals surface area contributed by atoms with Crippen molar-refractivity contribution in [3.8, 4) is 11.3 Å². The predicted molar refractivity (Wildman–Crippen MR) is 84.2 cm³/mol. The van der Waals surface area contributed by atoms with Crippen molar-refractivity contribution >= 4 is 38.6 Å². The lowest BCUT2D eigenvalue weighted by molar-refractivity contribution is 0.603. The van der Waals surface area contributed by atoms with E-state index in [1.54, 1.807) is 36.8 Å². The Morgan fingerprint density at radius 2 is 2.10 bits per heavy atom. The average Bonchev–Trinajstić information content (AvgIpc) is 3.09. The molecule has 1 aromatic carbocycles. The van der Waals surface area contributed by atoms with E-state index < -0.39 is 10.0 Å². The molecule has 0 aliphatic heterocycles. The number of benzene rings is 1. The molecule has 8 heteroatoms. The number of aromatic amines is 1. The molecule has 2 heterocycles. The highest BCUT2D eigenvalue weighted by molar-refractivity contribution is 7.94. The molecule has 0 atom stereocenters. The Bertz CT molecular complexity index is 857. The van der Waals surface area contributed by atoms with Gasteiger partial charge in [0.2, 0.25) is 0 Å². The molecule has 3 rings (SSSR count). The number of thiophene rings is 1. The van der Waals surface area contributed by atoms with Gasteiger partial charge in [-0.3, -0.25) is 4.72 Å². The molecule has 2 aromatic heterocycles. The number of halogens is 1. The van der Waals surface area contributed by atoms with E-state index in [0.717, 1.165) is 22.6 Å². The quantitative estimate of drug-likeness (QED) is 0.762. The van der Waals surface area contributed by atoms with Gasteiger partial charge in [0.15, 0.2) is 0 Å². The number of sulfonamides is 1. The molecular formula is C13H10ClN3O2S2. The van der Waals surface area contributed by atoms with Gasteiger partial charge in [-0.1, -0.05) is 23.7 Å². The molecule has 0 bridgehead atoms. The zero-order chi connectivity index (χ0) is 14.9. The van der Waals surface area contributed by atoms with Crippen molar-refractivity contribution in [2.45, 2.75) is 4.21 Å². The van der Waals surface area contributed by atoms with Crippen LogP contribution in [0.2, 0.25) is 4.34 Å². The fraction of sp³-hybridized carbons (Fsp3) is 0. The molecule has 5 nitrogen and oxygen atoms in total. The smallest absolute Gasteiger partial charge is 0.271 e. The van der Waals surface area contributed by atoms with Gasteiger partial charge in [-0.25, -0.2) is 13.4 Å². The molecule has 0 spiro atoms. The molecule has 0 saturated heterocycles. The van der Waals surface area contributed by atoms with Crippen molar-refractivity contribution < 1.29 is 8.42 Å². The third-order valence-corrected chi connectivity index (χ3v) is 5.84. The summed E-state index contributed by atoms with van der Waals surface area (Å²) in [6.45, 7) is 0. The molecule has 3 aromatic rings. The number of hydrogen-bond acceptors (Lipinski definition) is 4. The van der Waals surface area contributed by atoms with Gasteiger partial charge in [-0.05, 0) is 24.3 Å². The van der Waals surface area contributed by atoms with E-state index >= 15 is 0 Å². The number of aromatic nitrogens is 2. The van der Waals surface area contributed by atoms with E-state index in [-0.39, 0.29) is 4.21 Å². The maximum absolute atomic E-state index is 12.2. The van der Waals surface area contributed by atoms with Crippen LogP contribution in [0.25, 0.3) is 11.3 Å². The van der Waals surface area contributed by atoms with Crippen LogP contribution < -0.4 is 4.72 Å². The normalized spacial score (nSPS) is 11.5. The summed E-state index contributed by atoms with van der Waals surface area (Å²) in [5, 5.41) is 0. The van der Waals surface area contributed by atoms with Gasteiger partial charge < -0.3 is 4.98 Å². The van der Waals surface area contributed by atoms with Gasteiger partial charge in [-0.15, -0.1) is 11.3 Å². The number of nitrogens with one attached hydrogen (secondary N) is 2. The summed E-state index contributed by atoms with van der Waals surface area (Å²) in [4.78, 5) is 6.92. The van der Waals surface area contributed by atoms with Gasteiger partial charge in [-0.2, -0.15) is 0 Å². The number of imidazole rings is 1. The van der Waals surface area contributed by atoms with E-state index in [2.05, 4.69) is 14.7 Å². The third kappa shape index (κ3) is 3.10. The second kappa shape index (κ2) is 5.51. The first-order valence-electron chi connectivity index (χ1n) is 5.91. The van der Waals surface area contributed by atoms with Crippen LogP contribution in [0.5, 0.6) is 0 Å². The summed E-state index contributed by atoms with van der Waals surface area (Å²) in [5.41, 5.74) is 2.14. The summed E-state index contributed by atoms with van der Waals surface area (Å²) in [7, 11) is -3.62. The fourth-order valence-electron chi connectivity index (χ4n) is 1.81. The molecule has 0 aliphatic rings. The highest BCUT2D eigenvalue weighted by Crippen LogP contribution is 2.28. The minimum Gasteiger partial charge on any atom is -0.345 e. The molecule has 21 heavy (non-hydrogen) atoms. The summed E-state index contributed by atoms with van der Waals surface area (Å²) in [6, 6.07) is 10.1. The van der Waals surface area contributed by atoms with Gasteiger partial charge >= 0.3 is 0 Å². The Kier molecular flexibility index (Phi) is 3.71. The molecule has 0 radical (unpaired) electrons. The Hall–Kier alpha value is -1.83. The number of nitrogens with zero attached hydrogens (tertiary/aromatic N) is 1. The first-order chi connectivity index (χ1) is 10.0. The summed E-state index contributed by atoms with van der Waals surface area (Å²) in [5.74, 6) is 0. The lowest BCUT2D eigenvalue weighted by Gasteiger charge is -2.07. The molecular weight excluding hydrogens is 330 g/mol. The monoisotopic (exact) mass is 339 g/mol. The van der Waals surface area contributed by atoms with Gasteiger partial charge in [0.05, 0.1) is 22.6 Å². The second-order valence-electron chi connectivity index (χ2n) is 4.21. The molecule has 108 valence electrons. The third-order valence-electron chi connectivity index (χ3n) is 2.74. The van der Waals surface area contributed by atoms with Crippen LogP contribution in [0, 0.1) is 0 Å². The Labute approximate surface area is 130 Å². The zero-order valence-electron chi connectivity index (χ0n) is 10.6. The van der Waals surface area contributed by atoms with Crippen molar-refractivity contribution in [3.63, 3.8) is 0 Å². The summed E-state index contributed by atoms with van der Waals surface area (Å²) < 4.78 is 27.6. The number of H-pyrrole nitrogens is 1. The SMILES string of the molecule is O=S(=O)(Nc1cccc(-c2cnc[nH]2)c1)c1ccc(Cl)s1. The van der Waals surface area contributed by atoms with Crippen molar-refractivity contribution in [2.75, 3.05) is 4.72 Å². The van der Waals surface area contributed by atoms with E-state index in [1.165, 1.54) is 6.07 Å². The molecule has 0 aliphatic carbocycles. The predicted octanol–water partition coefficient (Wildman–Crippen LogP) is 3.59. The first kappa shape index (κ1) is 14.1. The molecule has 0 unspecified atom stereocenters. The van der Waals surface area contributed by atoms with Crippen molar-refractivity contribution in [2.24, 2.45) is 0 Å². The lowest BCUT2D eigenvalue weighted by Crippen LogP contribution is -2.11. The highest BCUT2D eigenvalue weighted by atomic mass is 35.5. The van der Waals surface area contributed by atoms with Crippen LogP contribution in [0.1, 0.15) is 0 Å². The number of hydrogen-bond donors (Lipinski definition) is 2. The summed E-state index contributed by atoms with van der Waals surface area (Å²) in [6.07, 6.45) is 3.24. The van der Waals surface area contributed by atoms with Gasteiger partial charge in [0.1, 0.15) is 4.21 Å². The Morgan fingerprint density at radius 3 is 2.76 bits per heavy atom. The van der Waals surface area contributed by atoms with E-state index in [9.17, 15) is 8.42 Å². The van der Waals surface area contributed by atoms with Crippen LogP contribution in [0.4, 0.5) is 5.69 Å². The maximum atomic E-state index is 12.2. The van der Waals surface area contributed by atoms with Crippen LogP contribution in [0.3, 0.4) is 0 Å². The standard InChI is InChI=1S/C13H10ClN3O2S2/c14-12-4-5-13(20-12)21(18,19)17-10-3-1-2-9(6-10)11-7-15-8-16-11/h1-8,17H,(H,15,16). The van der Waals surface area contributed by atoms with Crippen molar-refractivity contribution in [3.05, 3.63) is 53.3 Å². The molecule has 0 saturated carbocycles. The maximum Gasteiger partial charge on any atom is 0.271 e. The van der Waals surface area contributed by atoms with Crippen LogP contribution >= 0.6 is 22.9 Å². The van der Waals surface area contributed by atoms with E-state index in [4.69, 9.17) is 11.6 Å². The average molecular weight is 340 g/mol. The fourth-order valence-corrected chi connectivity index (χ4v) is 4.34. The van der Waals surface area contributed by atoms with Crippen molar-refractivity contribution in [1.82, 2.24) is 9.97 Å². The van der Waals surface area contributed by atoms with E-state index in [1.807, 2.05) is 6.07 Å². The zero-order valence-corrected chi connectivity index (χ0v) is 13.0. The largest absolute Gasteiger partial charge is 0.345 e. The minimum absolute atomic E-state index is 0.180.